The van der Waals surface area contributed by atoms with Gasteiger partial charge in [0.25, 0.3) is 0 Å². The minimum absolute atomic E-state index is 0.713. The third-order valence-electron chi connectivity index (χ3n) is 7.58. The molecule has 0 aliphatic heterocycles. The van der Waals surface area contributed by atoms with Crippen molar-refractivity contribution in [1.29, 1.82) is 0 Å². The van der Waals surface area contributed by atoms with E-state index in [1.165, 1.54) is 95.5 Å². The fourth-order valence-electron chi connectivity index (χ4n) is 5.43. The van der Waals surface area contributed by atoms with E-state index in [4.69, 9.17) is 9.97 Å². The third-order valence-corrected chi connectivity index (χ3v) is 7.58. The molecular formula is C25H42N2. The lowest BCUT2D eigenvalue weighted by Gasteiger charge is -2.28. The smallest absolute Gasteiger partial charge is 0.128 e. The van der Waals surface area contributed by atoms with Crippen molar-refractivity contribution in [1.82, 2.24) is 9.97 Å². The van der Waals surface area contributed by atoms with Crippen LogP contribution >= 0.6 is 0 Å². The molecule has 0 aromatic carbocycles. The predicted molar refractivity (Wildman–Crippen MR) is 115 cm³/mol. The monoisotopic (exact) mass is 370 g/mol. The minimum atomic E-state index is 0.713. The first-order chi connectivity index (χ1) is 13.3. The number of unbranched alkanes of at least 4 members (excludes halogenated alkanes) is 2. The van der Waals surface area contributed by atoms with E-state index in [1.54, 1.807) is 0 Å². The molecule has 0 amide bonds. The summed E-state index contributed by atoms with van der Waals surface area (Å²) in [7, 11) is 0. The van der Waals surface area contributed by atoms with Gasteiger partial charge in [0.2, 0.25) is 0 Å². The number of aryl methyl sites for hydroxylation is 1. The van der Waals surface area contributed by atoms with Gasteiger partial charge in [-0.25, -0.2) is 9.97 Å². The molecule has 0 N–H and O–H groups in total. The molecule has 0 unspecified atom stereocenters. The van der Waals surface area contributed by atoms with E-state index in [-0.39, 0.29) is 0 Å². The normalized spacial score (nSPS) is 29.0. The Labute approximate surface area is 168 Å². The van der Waals surface area contributed by atoms with Crippen LogP contribution in [0.4, 0.5) is 0 Å². The van der Waals surface area contributed by atoms with Crippen LogP contribution in [0.3, 0.4) is 0 Å². The van der Waals surface area contributed by atoms with Crippen LogP contribution in [-0.2, 0) is 6.42 Å². The van der Waals surface area contributed by atoms with Crippen molar-refractivity contribution in [2.45, 2.75) is 116 Å². The number of nitrogens with zero attached hydrogens (tertiary/aromatic N) is 2. The largest absolute Gasteiger partial charge is 0.241 e. The molecule has 0 bridgehead atoms. The Hall–Kier alpha value is -0.920. The van der Waals surface area contributed by atoms with Gasteiger partial charge in [0.1, 0.15) is 5.82 Å². The van der Waals surface area contributed by atoms with Crippen LogP contribution in [0, 0.1) is 17.8 Å². The molecule has 2 fully saturated rings. The van der Waals surface area contributed by atoms with Crippen molar-refractivity contribution < 1.29 is 0 Å². The average molecular weight is 371 g/mol. The summed E-state index contributed by atoms with van der Waals surface area (Å²) in [6.07, 6.45) is 25.0. The highest BCUT2D eigenvalue weighted by Gasteiger charge is 2.23. The first-order valence-corrected chi connectivity index (χ1v) is 12.1. The fraction of sp³-hybridized carbons (Fsp3) is 0.840. The van der Waals surface area contributed by atoms with Gasteiger partial charge < -0.3 is 0 Å². The summed E-state index contributed by atoms with van der Waals surface area (Å²) >= 11 is 0. The predicted octanol–water partition coefficient (Wildman–Crippen LogP) is 7.48. The molecule has 1 aromatic rings. The number of rotatable bonds is 9. The van der Waals surface area contributed by atoms with E-state index in [0.29, 0.717) is 5.92 Å². The molecule has 2 nitrogen and oxygen atoms in total. The van der Waals surface area contributed by atoms with Crippen molar-refractivity contribution in [3.63, 3.8) is 0 Å². The minimum Gasteiger partial charge on any atom is -0.241 e. The fourth-order valence-corrected chi connectivity index (χ4v) is 5.43. The molecule has 2 saturated carbocycles. The van der Waals surface area contributed by atoms with E-state index in [1.807, 2.05) is 0 Å². The van der Waals surface area contributed by atoms with Gasteiger partial charge in [-0.2, -0.15) is 0 Å². The van der Waals surface area contributed by atoms with Crippen molar-refractivity contribution >= 4 is 0 Å². The molecule has 152 valence electrons. The Bertz CT molecular complexity index is 508. The molecule has 3 rings (SSSR count). The molecule has 1 aromatic heterocycles. The molecule has 2 aliphatic rings. The number of hydrogen-bond acceptors (Lipinski definition) is 2. The highest BCUT2D eigenvalue weighted by atomic mass is 14.9. The third kappa shape index (κ3) is 6.57. The maximum absolute atomic E-state index is 4.73. The van der Waals surface area contributed by atoms with Gasteiger partial charge in [0.05, 0.1) is 0 Å². The Morgan fingerprint density at radius 3 is 1.93 bits per heavy atom. The summed E-state index contributed by atoms with van der Waals surface area (Å²) in [5.74, 6) is 4.69. The van der Waals surface area contributed by atoms with Gasteiger partial charge in [-0.3, -0.25) is 0 Å². The van der Waals surface area contributed by atoms with E-state index in [9.17, 15) is 0 Å². The summed E-state index contributed by atoms with van der Waals surface area (Å²) in [4.78, 5) is 9.46. The second-order valence-corrected chi connectivity index (χ2v) is 9.48. The first-order valence-electron chi connectivity index (χ1n) is 12.1. The molecule has 0 atom stereocenters. The molecular weight excluding hydrogens is 328 g/mol. The van der Waals surface area contributed by atoms with Crippen LogP contribution in [0.1, 0.15) is 121 Å². The summed E-state index contributed by atoms with van der Waals surface area (Å²) in [5.41, 5.74) is 1.39. The molecule has 1 heterocycles. The van der Waals surface area contributed by atoms with Crippen LogP contribution in [0.5, 0.6) is 0 Å². The highest BCUT2D eigenvalue weighted by molar-refractivity contribution is 5.12. The van der Waals surface area contributed by atoms with Crippen LogP contribution in [-0.4, -0.2) is 9.97 Å². The van der Waals surface area contributed by atoms with Crippen molar-refractivity contribution in [3.05, 3.63) is 23.8 Å². The lowest BCUT2D eigenvalue weighted by molar-refractivity contribution is 0.248. The maximum Gasteiger partial charge on any atom is 0.128 e. The van der Waals surface area contributed by atoms with E-state index < -0.39 is 0 Å². The number of hydrogen-bond donors (Lipinski definition) is 0. The number of aromatic nitrogens is 2. The van der Waals surface area contributed by atoms with Gasteiger partial charge in [0, 0.05) is 18.8 Å². The van der Waals surface area contributed by atoms with Crippen molar-refractivity contribution in [2.75, 3.05) is 0 Å². The Morgan fingerprint density at radius 2 is 1.33 bits per heavy atom. The Kier molecular flexibility index (Phi) is 8.61. The van der Waals surface area contributed by atoms with Crippen molar-refractivity contribution in [2.24, 2.45) is 17.8 Å². The second kappa shape index (κ2) is 11.2. The van der Waals surface area contributed by atoms with Gasteiger partial charge in [-0.05, 0) is 61.3 Å². The maximum atomic E-state index is 4.73. The van der Waals surface area contributed by atoms with Crippen LogP contribution < -0.4 is 0 Å². The van der Waals surface area contributed by atoms with Crippen LogP contribution in [0.15, 0.2) is 12.4 Å². The Morgan fingerprint density at radius 1 is 0.741 bits per heavy atom. The lowest BCUT2D eigenvalue weighted by Crippen LogP contribution is -2.16. The molecule has 27 heavy (non-hydrogen) atoms. The van der Waals surface area contributed by atoms with E-state index in [0.717, 1.165) is 30.0 Å². The van der Waals surface area contributed by atoms with Crippen molar-refractivity contribution in [3.8, 4) is 0 Å². The zero-order chi connectivity index (χ0) is 18.9. The van der Waals surface area contributed by atoms with E-state index in [2.05, 4.69) is 26.2 Å². The van der Waals surface area contributed by atoms with Gasteiger partial charge in [-0.15, -0.1) is 0 Å². The Balaban J connectivity index is 1.36. The second-order valence-electron chi connectivity index (χ2n) is 9.48. The molecule has 0 spiro atoms. The summed E-state index contributed by atoms with van der Waals surface area (Å²) < 4.78 is 0. The zero-order valence-electron chi connectivity index (χ0n) is 18.0. The summed E-state index contributed by atoms with van der Waals surface area (Å²) in [6, 6.07) is 0. The highest BCUT2D eigenvalue weighted by Crippen LogP contribution is 2.37. The lowest BCUT2D eigenvalue weighted by atomic mass is 9.78. The van der Waals surface area contributed by atoms with Crippen LogP contribution in [0.25, 0.3) is 0 Å². The molecule has 2 aliphatic carbocycles. The standard InChI is InChI=1S/C25H42N2/c1-3-5-6-7-21-8-10-22(11-9-21)14-17-25-26-18-24(19-27-25)23-15-12-20(4-2)13-16-23/h18-23H,3-17H2,1-2H3/t20-,21-,22-,23-. The average Bonchev–Trinajstić information content (AvgIpc) is 2.74. The van der Waals surface area contributed by atoms with E-state index >= 15 is 0 Å². The molecule has 0 saturated heterocycles. The van der Waals surface area contributed by atoms with Gasteiger partial charge >= 0.3 is 0 Å². The SMILES string of the molecule is CCCCC[C@H]1CC[C@H](CCc2ncc([C@H]3CC[C@H](CC)CC3)cn2)CC1. The molecule has 2 heteroatoms. The first kappa shape index (κ1) is 20.8. The zero-order valence-corrected chi connectivity index (χ0v) is 18.0. The molecule has 0 radical (unpaired) electrons. The topological polar surface area (TPSA) is 25.8 Å². The summed E-state index contributed by atoms with van der Waals surface area (Å²) in [5, 5.41) is 0. The van der Waals surface area contributed by atoms with Gasteiger partial charge in [0.15, 0.2) is 0 Å². The summed E-state index contributed by atoms with van der Waals surface area (Å²) in [6.45, 7) is 4.64. The van der Waals surface area contributed by atoms with Crippen LogP contribution in [0.2, 0.25) is 0 Å². The van der Waals surface area contributed by atoms with Gasteiger partial charge in [-0.1, -0.05) is 71.6 Å². The quantitative estimate of drug-likeness (QED) is 0.421.